The third-order valence-corrected chi connectivity index (χ3v) is 5.84. The summed E-state index contributed by atoms with van der Waals surface area (Å²) >= 11 is 0. The van der Waals surface area contributed by atoms with Gasteiger partial charge in [-0.2, -0.15) is 0 Å². The van der Waals surface area contributed by atoms with Crippen LogP contribution >= 0.6 is 0 Å². The van der Waals surface area contributed by atoms with Gasteiger partial charge in [-0.25, -0.2) is 13.1 Å². The standard InChI is InChI=1S/C18H28N4O2S/c1-3-19-17(20-12-13-21-25(2,23)24)22-14-18(10-6-7-11-18)15-8-4-5-9-16(15)22/h4-5,8-9,21H,3,6-7,10-14H2,1-2H3,(H,19,20). The van der Waals surface area contributed by atoms with Crippen LogP contribution in [-0.2, 0) is 15.4 Å². The number of benzene rings is 1. The molecule has 7 heteroatoms. The lowest BCUT2D eigenvalue weighted by Gasteiger charge is -2.26. The molecule has 6 nitrogen and oxygen atoms in total. The topological polar surface area (TPSA) is 73.8 Å². The first-order valence-corrected chi connectivity index (χ1v) is 10.9. The van der Waals surface area contributed by atoms with Crippen molar-refractivity contribution in [2.45, 2.75) is 38.0 Å². The van der Waals surface area contributed by atoms with Crippen molar-refractivity contribution in [3.63, 3.8) is 0 Å². The van der Waals surface area contributed by atoms with Crippen LogP contribution < -0.4 is 14.9 Å². The van der Waals surface area contributed by atoms with E-state index < -0.39 is 10.0 Å². The second-order valence-electron chi connectivity index (χ2n) is 6.99. The lowest BCUT2D eigenvalue weighted by molar-refractivity contribution is 0.478. The molecule has 1 fully saturated rings. The molecular weight excluding hydrogens is 336 g/mol. The van der Waals surface area contributed by atoms with Crippen molar-refractivity contribution < 1.29 is 8.42 Å². The molecule has 0 saturated heterocycles. The number of rotatable bonds is 5. The minimum Gasteiger partial charge on any atom is -0.356 e. The maximum absolute atomic E-state index is 11.2. The van der Waals surface area contributed by atoms with Crippen molar-refractivity contribution in [1.29, 1.82) is 0 Å². The van der Waals surface area contributed by atoms with Crippen LogP contribution in [0.2, 0.25) is 0 Å². The third-order valence-electron chi connectivity index (χ3n) is 5.12. The van der Waals surface area contributed by atoms with Gasteiger partial charge in [0, 0.05) is 30.7 Å². The minimum absolute atomic E-state index is 0.248. The number of guanidine groups is 1. The molecule has 1 spiro atoms. The van der Waals surface area contributed by atoms with Gasteiger partial charge in [0.2, 0.25) is 10.0 Å². The van der Waals surface area contributed by atoms with E-state index in [9.17, 15) is 8.42 Å². The minimum atomic E-state index is -3.17. The summed E-state index contributed by atoms with van der Waals surface area (Å²) in [5, 5.41) is 3.37. The molecule has 1 aromatic rings. The number of hydrogen-bond acceptors (Lipinski definition) is 3. The van der Waals surface area contributed by atoms with Gasteiger partial charge in [0.1, 0.15) is 0 Å². The van der Waals surface area contributed by atoms with Crippen LogP contribution in [0.3, 0.4) is 0 Å². The average molecular weight is 365 g/mol. The first kappa shape index (κ1) is 18.2. The maximum atomic E-state index is 11.2. The predicted molar refractivity (Wildman–Crippen MR) is 103 cm³/mol. The number of sulfonamides is 1. The molecule has 0 radical (unpaired) electrons. The fraction of sp³-hybridized carbons (Fsp3) is 0.611. The van der Waals surface area contributed by atoms with Crippen molar-refractivity contribution in [3.8, 4) is 0 Å². The first-order chi connectivity index (χ1) is 12.0. The summed E-state index contributed by atoms with van der Waals surface area (Å²) in [5.41, 5.74) is 2.92. The largest absolute Gasteiger partial charge is 0.356 e. The summed E-state index contributed by atoms with van der Waals surface area (Å²) in [6, 6.07) is 8.64. The highest BCUT2D eigenvalue weighted by Crippen LogP contribution is 2.50. The van der Waals surface area contributed by atoms with E-state index >= 15 is 0 Å². The second-order valence-corrected chi connectivity index (χ2v) is 8.83. The summed E-state index contributed by atoms with van der Waals surface area (Å²) in [6.45, 7) is 4.52. The Balaban J connectivity index is 1.82. The van der Waals surface area contributed by atoms with Crippen LogP contribution in [0.25, 0.3) is 0 Å². The Labute approximate surface area is 150 Å². The van der Waals surface area contributed by atoms with Crippen LogP contribution in [0.15, 0.2) is 29.3 Å². The van der Waals surface area contributed by atoms with Gasteiger partial charge in [-0.05, 0) is 31.4 Å². The Morgan fingerprint density at radius 2 is 2.00 bits per heavy atom. The van der Waals surface area contributed by atoms with Crippen LogP contribution in [-0.4, -0.2) is 46.8 Å². The third kappa shape index (κ3) is 3.98. The fourth-order valence-corrected chi connectivity index (χ4v) is 4.55. The normalized spacial score (nSPS) is 19.4. The monoisotopic (exact) mass is 364 g/mol. The molecule has 0 bridgehead atoms. The smallest absolute Gasteiger partial charge is 0.208 e. The SMILES string of the molecule is CCNC(=NCCNS(C)(=O)=O)N1CC2(CCCC2)c2ccccc21. The predicted octanol–water partition coefficient (Wildman–Crippen LogP) is 1.83. The number of hydrogen-bond donors (Lipinski definition) is 2. The Bertz CT molecular complexity index is 739. The zero-order valence-corrected chi connectivity index (χ0v) is 15.9. The van der Waals surface area contributed by atoms with Gasteiger partial charge in [0.15, 0.2) is 5.96 Å². The summed E-state index contributed by atoms with van der Waals surface area (Å²) in [6.07, 6.45) is 6.20. The Kier molecular flexibility index (Phi) is 5.34. The number of fused-ring (bicyclic) bond motifs is 2. The molecule has 1 aromatic carbocycles. The number of nitrogens with zero attached hydrogens (tertiary/aromatic N) is 2. The van der Waals surface area contributed by atoms with E-state index in [4.69, 9.17) is 0 Å². The number of nitrogens with one attached hydrogen (secondary N) is 2. The molecule has 0 unspecified atom stereocenters. The van der Waals surface area contributed by atoms with Crippen molar-refractivity contribution in [2.75, 3.05) is 37.3 Å². The summed E-state index contributed by atoms with van der Waals surface area (Å²) in [5.74, 6) is 0.842. The molecule has 1 aliphatic carbocycles. The van der Waals surface area contributed by atoms with Gasteiger partial charge in [0.05, 0.1) is 12.8 Å². The summed E-state index contributed by atoms with van der Waals surface area (Å²) in [7, 11) is -3.17. The van der Waals surface area contributed by atoms with Gasteiger partial charge >= 0.3 is 0 Å². The number of anilines is 1. The van der Waals surface area contributed by atoms with Gasteiger partial charge < -0.3 is 10.2 Å². The summed E-state index contributed by atoms with van der Waals surface area (Å²) < 4.78 is 24.9. The van der Waals surface area contributed by atoms with E-state index in [1.165, 1.54) is 43.2 Å². The molecule has 2 aliphatic rings. The molecule has 1 saturated carbocycles. The molecule has 1 aliphatic heterocycles. The number of para-hydroxylation sites is 1. The van der Waals surface area contributed by atoms with E-state index in [-0.39, 0.29) is 5.41 Å². The molecule has 0 aromatic heterocycles. The molecule has 0 atom stereocenters. The van der Waals surface area contributed by atoms with Crippen molar-refractivity contribution in [2.24, 2.45) is 4.99 Å². The van der Waals surface area contributed by atoms with Crippen molar-refractivity contribution >= 4 is 21.7 Å². The lowest BCUT2D eigenvalue weighted by atomic mass is 9.81. The van der Waals surface area contributed by atoms with Crippen molar-refractivity contribution in [1.82, 2.24) is 10.0 Å². The zero-order valence-electron chi connectivity index (χ0n) is 15.1. The molecule has 0 amide bonds. The highest BCUT2D eigenvalue weighted by molar-refractivity contribution is 7.88. The zero-order chi connectivity index (χ0) is 17.9. The Hall–Kier alpha value is -1.60. The highest BCUT2D eigenvalue weighted by Gasteiger charge is 2.45. The van der Waals surface area contributed by atoms with Crippen molar-refractivity contribution in [3.05, 3.63) is 29.8 Å². The highest BCUT2D eigenvalue weighted by atomic mass is 32.2. The summed E-state index contributed by atoms with van der Waals surface area (Å²) in [4.78, 5) is 6.94. The molecule has 3 rings (SSSR count). The average Bonchev–Trinajstić information content (AvgIpc) is 3.17. The maximum Gasteiger partial charge on any atom is 0.208 e. The van der Waals surface area contributed by atoms with Crippen LogP contribution in [0.5, 0.6) is 0 Å². The van der Waals surface area contributed by atoms with E-state index in [1.807, 2.05) is 0 Å². The lowest BCUT2D eigenvalue weighted by Crippen LogP contribution is -2.43. The van der Waals surface area contributed by atoms with E-state index in [0.717, 1.165) is 19.0 Å². The number of aliphatic imine (C=N–C) groups is 1. The van der Waals surface area contributed by atoms with Crippen LogP contribution in [0, 0.1) is 0 Å². The molecule has 1 heterocycles. The Morgan fingerprint density at radius 3 is 2.68 bits per heavy atom. The van der Waals surface area contributed by atoms with Gasteiger partial charge in [0.25, 0.3) is 0 Å². The van der Waals surface area contributed by atoms with Crippen LogP contribution in [0.1, 0.15) is 38.2 Å². The molecule has 138 valence electrons. The molecule has 2 N–H and O–H groups in total. The van der Waals surface area contributed by atoms with Gasteiger partial charge in [-0.3, -0.25) is 4.99 Å². The van der Waals surface area contributed by atoms with E-state index in [0.29, 0.717) is 13.1 Å². The molecular formula is C18H28N4O2S. The second kappa shape index (κ2) is 7.33. The van der Waals surface area contributed by atoms with Crippen LogP contribution in [0.4, 0.5) is 5.69 Å². The van der Waals surface area contributed by atoms with E-state index in [2.05, 4.69) is 51.1 Å². The molecule has 25 heavy (non-hydrogen) atoms. The quantitative estimate of drug-likeness (QED) is 0.475. The fourth-order valence-electron chi connectivity index (χ4n) is 4.09. The Morgan fingerprint density at radius 1 is 1.28 bits per heavy atom. The van der Waals surface area contributed by atoms with Gasteiger partial charge in [-0.1, -0.05) is 31.0 Å². The first-order valence-electron chi connectivity index (χ1n) is 9.05. The van der Waals surface area contributed by atoms with Gasteiger partial charge in [-0.15, -0.1) is 0 Å². The van der Waals surface area contributed by atoms with E-state index in [1.54, 1.807) is 0 Å².